The maximum atomic E-state index is 13.0. The summed E-state index contributed by atoms with van der Waals surface area (Å²) < 4.78 is 39.6. The van der Waals surface area contributed by atoms with Crippen LogP contribution in [0.15, 0.2) is 36.4 Å². The van der Waals surface area contributed by atoms with Crippen molar-refractivity contribution >= 4 is 23.0 Å². The summed E-state index contributed by atoms with van der Waals surface area (Å²) in [6, 6.07) is 7.76. The van der Waals surface area contributed by atoms with Crippen molar-refractivity contribution in [2.24, 2.45) is 0 Å². The molecule has 0 fully saturated rings. The van der Waals surface area contributed by atoms with Crippen molar-refractivity contribution in [3.63, 3.8) is 0 Å². The molecule has 142 valence electrons. The number of anilines is 2. The molecule has 0 saturated heterocycles. The number of nitro benzene ring substituents is 1. The molecule has 0 aromatic heterocycles. The smallest absolute Gasteiger partial charge is 0.494 e. The molecule has 1 heterocycles. The molecule has 2 aromatic rings. The lowest BCUT2D eigenvalue weighted by Gasteiger charge is -2.11. The zero-order chi connectivity index (χ0) is 19.6. The quantitative estimate of drug-likeness (QED) is 0.584. The Labute approximate surface area is 151 Å². The van der Waals surface area contributed by atoms with Crippen LogP contribution in [-0.4, -0.2) is 30.8 Å². The van der Waals surface area contributed by atoms with Crippen LogP contribution in [0.1, 0.15) is 0 Å². The number of alkyl halides is 2. The molecule has 0 saturated carbocycles. The molecule has 3 rings (SSSR count). The van der Waals surface area contributed by atoms with Gasteiger partial charge in [-0.2, -0.15) is 0 Å². The predicted molar refractivity (Wildman–Crippen MR) is 89.4 cm³/mol. The van der Waals surface area contributed by atoms with Crippen LogP contribution in [0.5, 0.6) is 17.2 Å². The number of ether oxygens (including phenoxy) is 3. The Morgan fingerprint density at radius 2 is 1.96 bits per heavy atom. The summed E-state index contributed by atoms with van der Waals surface area (Å²) in [6.07, 6.45) is -3.72. The third-order valence-electron chi connectivity index (χ3n) is 3.52. The summed E-state index contributed by atoms with van der Waals surface area (Å²) in [5.74, 6) is -0.610. The third-order valence-corrected chi connectivity index (χ3v) is 3.52. The molecular weight excluding hydrogens is 368 g/mol. The molecule has 1 aliphatic heterocycles. The predicted octanol–water partition coefficient (Wildman–Crippen LogP) is 2.98. The molecule has 0 aliphatic carbocycles. The van der Waals surface area contributed by atoms with Crippen molar-refractivity contribution in [2.75, 3.05) is 24.3 Å². The van der Waals surface area contributed by atoms with E-state index in [4.69, 9.17) is 4.74 Å². The average Bonchev–Trinajstić information content (AvgIpc) is 2.93. The number of hydrogen-bond acceptors (Lipinski definition) is 7. The highest BCUT2D eigenvalue weighted by Gasteiger charge is 2.43. The van der Waals surface area contributed by atoms with Crippen LogP contribution in [0.2, 0.25) is 0 Å². The van der Waals surface area contributed by atoms with Gasteiger partial charge in [0, 0.05) is 17.8 Å². The van der Waals surface area contributed by atoms with Crippen LogP contribution in [0.4, 0.5) is 25.8 Å². The molecule has 9 nitrogen and oxygen atoms in total. The first-order chi connectivity index (χ1) is 12.8. The molecule has 0 unspecified atom stereocenters. The van der Waals surface area contributed by atoms with Crippen molar-refractivity contribution < 1.29 is 32.7 Å². The van der Waals surface area contributed by atoms with E-state index in [9.17, 15) is 23.7 Å². The lowest BCUT2D eigenvalue weighted by Crippen LogP contribution is -2.25. The molecule has 0 bridgehead atoms. The van der Waals surface area contributed by atoms with E-state index in [1.54, 1.807) is 0 Å². The van der Waals surface area contributed by atoms with Crippen LogP contribution >= 0.6 is 0 Å². The van der Waals surface area contributed by atoms with Gasteiger partial charge in [0.25, 0.3) is 5.69 Å². The number of fused-ring (bicyclic) bond motifs is 1. The van der Waals surface area contributed by atoms with Crippen molar-refractivity contribution in [1.29, 1.82) is 0 Å². The van der Waals surface area contributed by atoms with E-state index in [1.807, 2.05) is 0 Å². The fourth-order valence-electron chi connectivity index (χ4n) is 2.33. The van der Waals surface area contributed by atoms with Crippen molar-refractivity contribution in [3.8, 4) is 17.2 Å². The minimum atomic E-state index is -3.72. The number of non-ortho nitro benzene ring substituents is 1. The van der Waals surface area contributed by atoms with Crippen LogP contribution in [0, 0.1) is 10.1 Å². The van der Waals surface area contributed by atoms with Gasteiger partial charge in [-0.25, -0.2) is 0 Å². The highest BCUT2D eigenvalue weighted by atomic mass is 19.3. The van der Waals surface area contributed by atoms with E-state index in [2.05, 4.69) is 20.1 Å². The van der Waals surface area contributed by atoms with Gasteiger partial charge in [-0.05, 0) is 18.2 Å². The van der Waals surface area contributed by atoms with Gasteiger partial charge in [0.15, 0.2) is 11.5 Å². The molecule has 2 aromatic carbocycles. The summed E-state index contributed by atoms with van der Waals surface area (Å²) in [5, 5.41) is 16.1. The number of halogens is 2. The normalized spacial score (nSPS) is 13.7. The SMILES string of the molecule is COc1cc([N+](=O)[O-])ccc1NC(=O)CNc1ccc2c(c1)OC(F)(F)O2. The minimum Gasteiger partial charge on any atom is -0.494 e. The average molecular weight is 381 g/mol. The summed E-state index contributed by atoms with van der Waals surface area (Å²) in [7, 11) is 1.31. The molecule has 0 radical (unpaired) electrons. The Bertz CT molecular complexity index is 906. The van der Waals surface area contributed by atoms with Crippen LogP contribution in [0.25, 0.3) is 0 Å². The number of amides is 1. The Balaban J connectivity index is 1.62. The maximum Gasteiger partial charge on any atom is 0.586 e. The minimum absolute atomic E-state index is 0.106. The fourth-order valence-corrected chi connectivity index (χ4v) is 2.33. The van der Waals surface area contributed by atoms with E-state index in [1.165, 1.54) is 43.5 Å². The number of hydrogen-bond donors (Lipinski definition) is 2. The van der Waals surface area contributed by atoms with Gasteiger partial charge in [0.05, 0.1) is 30.3 Å². The number of carbonyl (C=O) groups is 1. The lowest BCUT2D eigenvalue weighted by atomic mass is 10.2. The molecule has 0 atom stereocenters. The van der Waals surface area contributed by atoms with E-state index in [0.717, 1.165) is 0 Å². The Kier molecular flexibility index (Phi) is 4.67. The first-order valence-corrected chi connectivity index (χ1v) is 7.53. The number of nitrogens with one attached hydrogen (secondary N) is 2. The molecule has 27 heavy (non-hydrogen) atoms. The maximum absolute atomic E-state index is 13.0. The standard InChI is InChI=1S/C16H13F2N3O6/c1-25-13-7-10(21(23)24)3-4-11(13)20-15(22)8-19-9-2-5-12-14(6-9)27-16(17,18)26-12/h2-7,19H,8H2,1H3,(H,20,22). The number of methoxy groups -OCH3 is 1. The van der Waals surface area contributed by atoms with Gasteiger partial charge in [-0.15, -0.1) is 8.78 Å². The van der Waals surface area contributed by atoms with Crippen molar-refractivity contribution in [1.82, 2.24) is 0 Å². The first kappa shape index (κ1) is 18.2. The van der Waals surface area contributed by atoms with Gasteiger partial charge < -0.3 is 24.8 Å². The monoisotopic (exact) mass is 381 g/mol. The van der Waals surface area contributed by atoms with Gasteiger partial charge >= 0.3 is 6.29 Å². The second-order valence-electron chi connectivity index (χ2n) is 5.37. The highest BCUT2D eigenvalue weighted by molar-refractivity contribution is 5.95. The van der Waals surface area contributed by atoms with Gasteiger partial charge in [-0.1, -0.05) is 0 Å². The molecule has 11 heteroatoms. The number of nitro groups is 1. The van der Waals surface area contributed by atoms with E-state index in [0.29, 0.717) is 5.69 Å². The van der Waals surface area contributed by atoms with Gasteiger partial charge in [0.1, 0.15) is 5.75 Å². The number of nitrogens with zero attached hydrogens (tertiary/aromatic N) is 1. The first-order valence-electron chi connectivity index (χ1n) is 7.53. The molecule has 0 spiro atoms. The van der Waals surface area contributed by atoms with Crippen molar-refractivity contribution in [2.45, 2.75) is 6.29 Å². The van der Waals surface area contributed by atoms with Gasteiger partial charge in [0.2, 0.25) is 5.91 Å². The zero-order valence-electron chi connectivity index (χ0n) is 13.8. The highest BCUT2D eigenvalue weighted by Crippen LogP contribution is 2.42. The molecule has 1 amide bonds. The summed E-state index contributed by atoms with van der Waals surface area (Å²) in [6.45, 7) is -0.198. The van der Waals surface area contributed by atoms with Crippen LogP contribution < -0.4 is 24.8 Å². The number of carbonyl (C=O) groups excluding carboxylic acids is 1. The summed E-state index contributed by atoms with van der Waals surface area (Å²) in [5.41, 5.74) is 0.432. The zero-order valence-corrected chi connectivity index (χ0v) is 13.8. The van der Waals surface area contributed by atoms with Gasteiger partial charge in [-0.3, -0.25) is 14.9 Å². The molecule has 2 N–H and O–H groups in total. The molecular formula is C16H13F2N3O6. The number of rotatable bonds is 6. The van der Waals surface area contributed by atoms with E-state index < -0.39 is 17.1 Å². The Hall–Kier alpha value is -3.63. The third kappa shape index (κ3) is 4.14. The Morgan fingerprint density at radius 1 is 1.22 bits per heavy atom. The van der Waals surface area contributed by atoms with Crippen molar-refractivity contribution in [3.05, 3.63) is 46.5 Å². The second kappa shape index (κ2) is 6.94. The Morgan fingerprint density at radius 3 is 2.67 bits per heavy atom. The second-order valence-corrected chi connectivity index (χ2v) is 5.37. The largest absolute Gasteiger partial charge is 0.586 e. The van der Waals surface area contributed by atoms with E-state index in [-0.39, 0.29) is 35.2 Å². The lowest BCUT2D eigenvalue weighted by molar-refractivity contribution is -0.384. The van der Waals surface area contributed by atoms with Crippen LogP contribution in [0.3, 0.4) is 0 Å². The van der Waals surface area contributed by atoms with Crippen LogP contribution in [-0.2, 0) is 4.79 Å². The molecule has 1 aliphatic rings. The van der Waals surface area contributed by atoms with E-state index >= 15 is 0 Å². The number of benzene rings is 2. The summed E-state index contributed by atoms with van der Waals surface area (Å²) >= 11 is 0. The topological polar surface area (TPSA) is 112 Å². The summed E-state index contributed by atoms with van der Waals surface area (Å²) in [4.78, 5) is 22.3. The fraction of sp³-hybridized carbons (Fsp3) is 0.188.